The number of rotatable bonds is 11. The van der Waals surface area contributed by atoms with Crippen molar-refractivity contribution in [3.63, 3.8) is 0 Å². The summed E-state index contributed by atoms with van der Waals surface area (Å²) in [7, 11) is -3.60. The molecule has 14 nitrogen and oxygen atoms in total. The third kappa shape index (κ3) is 8.74. The lowest BCUT2D eigenvalue weighted by molar-refractivity contribution is 0.171. The molecule has 3 aromatic heterocycles. The Kier molecular flexibility index (Phi) is 10.7. The number of benzene rings is 2. The zero-order valence-corrected chi connectivity index (χ0v) is 32.4. The van der Waals surface area contributed by atoms with Gasteiger partial charge in [-0.2, -0.15) is 13.5 Å². The number of pyridine rings is 1. The minimum absolute atomic E-state index is 0.0154. The van der Waals surface area contributed by atoms with E-state index in [-0.39, 0.29) is 30.8 Å². The van der Waals surface area contributed by atoms with Crippen LogP contribution in [0.2, 0.25) is 5.02 Å². The second-order valence-electron chi connectivity index (χ2n) is 14.7. The number of halogens is 1. The van der Waals surface area contributed by atoms with Gasteiger partial charge in [-0.05, 0) is 67.5 Å². The molecule has 16 heteroatoms. The minimum atomic E-state index is -3.60. The summed E-state index contributed by atoms with van der Waals surface area (Å²) in [5.74, 6) is 2.39. The molecule has 54 heavy (non-hydrogen) atoms. The number of carbonyl (C=O) groups excluding carboxylic acids is 1. The van der Waals surface area contributed by atoms with Gasteiger partial charge >= 0.3 is 6.03 Å². The Hall–Kier alpha value is -4.86. The fourth-order valence-corrected chi connectivity index (χ4v) is 7.46. The highest BCUT2D eigenvalue weighted by Gasteiger charge is 2.30. The molecule has 0 radical (unpaired) electrons. The lowest BCUT2D eigenvalue weighted by Gasteiger charge is -2.32. The fraction of sp³-hybridized carbons (Fsp3) is 0.421. The predicted molar refractivity (Wildman–Crippen MR) is 207 cm³/mol. The summed E-state index contributed by atoms with van der Waals surface area (Å²) in [6.07, 6.45) is 7.61. The van der Waals surface area contributed by atoms with E-state index in [9.17, 15) is 13.2 Å². The molecule has 7 rings (SSSR count). The maximum Gasteiger partial charge on any atom is 0.320 e. The highest BCUT2D eigenvalue weighted by molar-refractivity contribution is 7.85. The van der Waals surface area contributed by atoms with E-state index in [1.54, 1.807) is 22.9 Å². The molecule has 2 atom stereocenters. The quantitative estimate of drug-likeness (QED) is 0.106. The Labute approximate surface area is 319 Å². The van der Waals surface area contributed by atoms with Crippen molar-refractivity contribution in [2.24, 2.45) is 0 Å². The van der Waals surface area contributed by atoms with Crippen LogP contribution in [0.15, 0.2) is 66.9 Å². The summed E-state index contributed by atoms with van der Waals surface area (Å²) in [6, 6.07) is 18.1. The van der Waals surface area contributed by atoms with Gasteiger partial charge in [-0.15, -0.1) is 10.2 Å². The maximum absolute atomic E-state index is 13.7. The van der Waals surface area contributed by atoms with E-state index >= 15 is 0 Å². The molecule has 0 bridgehead atoms. The molecule has 0 saturated carbocycles. The molecule has 4 heterocycles. The number of piperidine rings is 1. The normalized spacial score (nSPS) is 17.6. The SMILES string of the molecule is CC(C)(C)c1cc(NC(=O)N[C@H]2CC[C@@H](Oc3ccc4nnc(N5CCCCC5)n4c3)c3ccccc32)n(-c2cc(Cl)cc(OCCOS(C)(=O)=O)c2)n1. The Bertz CT molecular complexity index is 2250. The second kappa shape index (κ2) is 15.5. The topological polar surface area (TPSA) is 154 Å². The lowest BCUT2D eigenvalue weighted by Crippen LogP contribution is -2.36. The van der Waals surface area contributed by atoms with Crippen molar-refractivity contribution in [2.75, 3.05) is 42.8 Å². The highest BCUT2D eigenvalue weighted by atomic mass is 35.5. The molecular weight excluding hydrogens is 732 g/mol. The molecule has 0 unspecified atom stereocenters. The van der Waals surface area contributed by atoms with Crippen LogP contribution in [0.4, 0.5) is 16.6 Å². The molecule has 1 aliphatic carbocycles. The van der Waals surface area contributed by atoms with E-state index in [1.165, 1.54) is 6.42 Å². The predicted octanol–water partition coefficient (Wildman–Crippen LogP) is 6.99. The third-order valence-corrected chi connectivity index (χ3v) is 10.3. The van der Waals surface area contributed by atoms with Crippen LogP contribution in [0.3, 0.4) is 0 Å². The first-order valence-electron chi connectivity index (χ1n) is 18.1. The summed E-state index contributed by atoms with van der Waals surface area (Å²) in [5, 5.41) is 20.2. The van der Waals surface area contributed by atoms with Crippen LogP contribution < -0.4 is 25.0 Å². The van der Waals surface area contributed by atoms with E-state index in [0.29, 0.717) is 35.1 Å². The van der Waals surface area contributed by atoms with E-state index in [1.807, 2.05) is 67.8 Å². The number of fused-ring (bicyclic) bond motifs is 2. The van der Waals surface area contributed by atoms with Crippen LogP contribution in [-0.2, 0) is 19.7 Å². The lowest BCUT2D eigenvalue weighted by atomic mass is 9.85. The number of nitrogens with one attached hydrogen (secondary N) is 2. The summed E-state index contributed by atoms with van der Waals surface area (Å²) >= 11 is 6.47. The van der Waals surface area contributed by atoms with Gasteiger partial charge in [0.25, 0.3) is 10.1 Å². The van der Waals surface area contributed by atoms with Crippen LogP contribution in [0.5, 0.6) is 11.5 Å². The van der Waals surface area contributed by atoms with Gasteiger partial charge in [0.1, 0.15) is 36.6 Å². The summed E-state index contributed by atoms with van der Waals surface area (Å²) in [6.45, 7) is 7.87. The van der Waals surface area contributed by atoms with Crippen molar-refractivity contribution in [2.45, 2.75) is 70.4 Å². The molecule has 2 amide bonds. The number of amides is 2. The molecule has 5 aromatic rings. The Morgan fingerprint density at radius 1 is 0.944 bits per heavy atom. The van der Waals surface area contributed by atoms with Gasteiger partial charge in [0, 0.05) is 35.7 Å². The van der Waals surface area contributed by atoms with Crippen LogP contribution in [0, 0.1) is 0 Å². The van der Waals surface area contributed by atoms with Gasteiger partial charge < -0.3 is 19.7 Å². The molecule has 2 aliphatic rings. The first kappa shape index (κ1) is 37.5. The molecule has 1 fully saturated rings. The van der Waals surface area contributed by atoms with Crippen molar-refractivity contribution in [3.05, 3.63) is 88.7 Å². The Morgan fingerprint density at radius 2 is 1.72 bits per heavy atom. The first-order chi connectivity index (χ1) is 25.8. The van der Waals surface area contributed by atoms with Gasteiger partial charge in [-0.25, -0.2) is 9.48 Å². The second-order valence-corrected chi connectivity index (χ2v) is 16.8. The van der Waals surface area contributed by atoms with E-state index < -0.39 is 16.1 Å². The standard InChI is InChI=1S/C38H45ClN8O6S/c1-38(2,3)33-23-35(47(44-33)26-20-25(39)21-28(22-26)51-18-19-52-54(4,49)50)41-36(48)40-31-13-14-32(30-11-7-6-10-29(30)31)53-27-12-15-34-42-43-37(46(34)24-27)45-16-8-5-9-17-45/h6-7,10-12,15,20-24,31-32H,5,8-9,13-14,16-19H2,1-4H3,(H2,40,41,48)/t31-,32+/m0/s1. The summed E-state index contributed by atoms with van der Waals surface area (Å²) in [4.78, 5) is 16.0. The van der Waals surface area contributed by atoms with E-state index in [0.717, 1.165) is 66.4 Å². The van der Waals surface area contributed by atoms with Gasteiger partial charge in [-0.1, -0.05) is 56.6 Å². The minimum Gasteiger partial charge on any atom is -0.491 e. The summed E-state index contributed by atoms with van der Waals surface area (Å²) in [5.41, 5.74) is 3.75. The number of urea groups is 1. The Morgan fingerprint density at radius 3 is 2.48 bits per heavy atom. The molecule has 2 N–H and O–H groups in total. The number of anilines is 2. The van der Waals surface area contributed by atoms with Crippen molar-refractivity contribution in [1.29, 1.82) is 0 Å². The number of ether oxygens (including phenoxy) is 2. The highest BCUT2D eigenvalue weighted by Crippen LogP contribution is 2.39. The van der Waals surface area contributed by atoms with Gasteiger partial charge in [-0.3, -0.25) is 13.9 Å². The van der Waals surface area contributed by atoms with E-state index in [2.05, 4.69) is 31.8 Å². The zero-order chi connectivity index (χ0) is 38.0. The molecular formula is C38H45ClN8O6S. The molecule has 1 aliphatic heterocycles. The van der Waals surface area contributed by atoms with Crippen LogP contribution >= 0.6 is 11.6 Å². The zero-order valence-electron chi connectivity index (χ0n) is 30.8. The van der Waals surface area contributed by atoms with E-state index in [4.69, 9.17) is 30.4 Å². The monoisotopic (exact) mass is 776 g/mol. The number of hydrogen-bond donors (Lipinski definition) is 2. The van der Waals surface area contributed by atoms with Gasteiger partial charge in [0.2, 0.25) is 5.95 Å². The smallest absolute Gasteiger partial charge is 0.320 e. The van der Waals surface area contributed by atoms with Crippen molar-refractivity contribution < 1.29 is 26.9 Å². The summed E-state index contributed by atoms with van der Waals surface area (Å²) < 4.78 is 43.4. The number of nitrogens with zero attached hydrogens (tertiary/aromatic N) is 6. The molecule has 286 valence electrons. The molecule has 2 aromatic carbocycles. The molecule has 0 spiro atoms. The van der Waals surface area contributed by atoms with Gasteiger partial charge in [0.15, 0.2) is 5.65 Å². The Balaban J connectivity index is 1.07. The molecule has 1 saturated heterocycles. The average Bonchev–Trinajstić information content (AvgIpc) is 3.76. The fourth-order valence-electron chi connectivity index (χ4n) is 6.87. The largest absolute Gasteiger partial charge is 0.491 e. The average molecular weight is 777 g/mol. The van der Waals surface area contributed by atoms with Crippen molar-refractivity contribution in [1.82, 2.24) is 29.7 Å². The number of carbonyl (C=O) groups is 1. The van der Waals surface area contributed by atoms with Crippen LogP contribution in [0.1, 0.15) is 81.8 Å². The van der Waals surface area contributed by atoms with Gasteiger partial charge in [0.05, 0.1) is 29.9 Å². The van der Waals surface area contributed by atoms with Crippen LogP contribution in [0.25, 0.3) is 11.3 Å². The van der Waals surface area contributed by atoms with Crippen molar-refractivity contribution >= 4 is 45.2 Å². The third-order valence-electron chi connectivity index (χ3n) is 9.49. The number of aromatic nitrogens is 5. The first-order valence-corrected chi connectivity index (χ1v) is 20.3. The number of hydrogen-bond acceptors (Lipinski definition) is 10. The van der Waals surface area contributed by atoms with Crippen molar-refractivity contribution in [3.8, 4) is 17.2 Å². The maximum atomic E-state index is 13.7. The van der Waals surface area contributed by atoms with Crippen LogP contribution in [-0.4, -0.2) is 71.4 Å².